The number of para-hydroxylation sites is 3. The molecule has 0 saturated heterocycles. The highest BCUT2D eigenvalue weighted by atomic mass is 16.5. The third-order valence-electron chi connectivity index (χ3n) is 5.29. The van der Waals surface area contributed by atoms with Crippen molar-refractivity contribution in [3.8, 4) is 17.2 Å². The van der Waals surface area contributed by atoms with Crippen molar-refractivity contribution >= 4 is 29.1 Å². The number of anilines is 2. The zero-order valence-corrected chi connectivity index (χ0v) is 20.1. The number of nitrogens with one attached hydrogen (secondary N) is 3. The van der Waals surface area contributed by atoms with Gasteiger partial charge in [-0.1, -0.05) is 30.3 Å². The Labute approximate surface area is 214 Å². The summed E-state index contributed by atoms with van der Waals surface area (Å²) < 4.78 is 11.0. The van der Waals surface area contributed by atoms with E-state index in [0.717, 1.165) is 0 Å². The zero-order valence-electron chi connectivity index (χ0n) is 20.1. The second-order valence-electron chi connectivity index (χ2n) is 7.90. The molecule has 4 rings (SSSR count). The lowest BCUT2D eigenvalue weighted by atomic mass is 10.2. The van der Waals surface area contributed by atoms with E-state index in [0.29, 0.717) is 39.8 Å². The molecular formula is C29H25N3O5. The molecule has 4 aromatic rings. The SMILES string of the molecule is COc1ccccc1NC(=O)c1ccc(NC(=O)CNC(=O)c2ccc(Oc3ccccc3)cc2)cc1. The predicted octanol–water partition coefficient (Wildman–Crippen LogP) is 5.11. The van der Waals surface area contributed by atoms with Crippen LogP contribution in [0, 0.1) is 0 Å². The number of hydrogen-bond acceptors (Lipinski definition) is 5. The van der Waals surface area contributed by atoms with Gasteiger partial charge in [0.2, 0.25) is 5.91 Å². The largest absolute Gasteiger partial charge is 0.495 e. The molecule has 0 unspecified atom stereocenters. The van der Waals surface area contributed by atoms with Crippen LogP contribution < -0.4 is 25.4 Å². The Bertz CT molecular complexity index is 1370. The Hall–Kier alpha value is -5.11. The smallest absolute Gasteiger partial charge is 0.255 e. The molecule has 0 radical (unpaired) electrons. The minimum absolute atomic E-state index is 0.211. The number of ether oxygens (including phenoxy) is 2. The lowest BCUT2D eigenvalue weighted by Gasteiger charge is -2.11. The average molecular weight is 496 g/mol. The molecule has 0 fully saturated rings. The number of rotatable bonds is 9. The van der Waals surface area contributed by atoms with Gasteiger partial charge in [-0.3, -0.25) is 14.4 Å². The molecule has 0 aliphatic heterocycles. The normalized spacial score (nSPS) is 10.2. The first-order chi connectivity index (χ1) is 18.0. The topological polar surface area (TPSA) is 106 Å². The van der Waals surface area contributed by atoms with Crippen molar-refractivity contribution in [2.45, 2.75) is 0 Å². The third kappa shape index (κ3) is 6.95. The molecular weight excluding hydrogens is 470 g/mol. The van der Waals surface area contributed by atoms with E-state index in [2.05, 4.69) is 16.0 Å². The van der Waals surface area contributed by atoms with Gasteiger partial charge in [0.05, 0.1) is 19.3 Å². The van der Waals surface area contributed by atoms with E-state index >= 15 is 0 Å². The minimum Gasteiger partial charge on any atom is -0.495 e. The molecule has 3 N–H and O–H groups in total. The molecule has 37 heavy (non-hydrogen) atoms. The van der Waals surface area contributed by atoms with Crippen molar-refractivity contribution in [2.24, 2.45) is 0 Å². The lowest BCUT2D eigenvalue weighted by Crippen LogP contribution is -2.32. The quantitative estimate of drug-likeness (QED) is 0.299. The number of benzene rings is 4. The summed E-state index contributed by atoms with van der Waals surface area (Å²) in [5.41, 5.74) is 1.87. The highest BCUT2D eigenvalue weighted by Crippen LogP contribution is 2.24. The Morgan fingerprint density at radius 2 is 1.24 bits per heavy atom. The van der Waals surface area contributed by atoms with Crippen LogP contribution in [0.4, 0.5) is 11.4 Å². The summed E-state index contributed by atoms with van der Waals surface area (Å²) in [5, 5.41) is 8.08. The summed E-state index contributed by atoms with van der Waals surface area (Å²) in [7, 11) is 1.53. The fourth-order valence-electron chi connectivity index (χ4n) is 3.41. The summed E-state index contributed by atoms with van der Waals surface area (Å²) >= 11 is 0. The van der Waals surface area contributed by atoms with Gasteiger partial charge < -0.3 is 25.4 Å². The number of carbonyl (C=O) groups excluding carboxylic acids is 3. The molecule has 3 amide bonds. The van der Waals surface area contributed by atoms with Crippen molar-refractivity contribution in [1.29, 1.82) is 0 Å². The molecule has 0 aliphatic carbocycles. The second-order valence-corrected chi connectivity index (χ2v) is 7.90. The molecule has 186 valence electrons. The van der Waals surface area contributed by atoms with E-state index in [9.17, 15) is 14.4 Å². The number of hydrogen-bond donors (Lipinski definition) is 3. The summed E-state index contributed by atoms with van der Waals surface area (Å²) in [6.07, 6.45) is 0. The molecule has 0 bridgehead atoms. The van der Waals surface area contributed by atoms with Crippen LogP contribution in [0.5, 0.6) is 17.2 Å². The maximum atomic E-state index is 12.5. The van der Waals surface area contributed by atoms with Gasteiger partial charge in [-0.05, 0) is 72.8 Å². The first-order valence-corrected chi connectivity index (χ1v) is 11.5. The van der Waals surface area contributed by atoms with Gasteiger partial charge in [0, 0.05) is 16.8 Å². The van der Waals surface area contributed by atoms with Gasteiger partial charge in [-0.15, -0.1) is 0 Å². The van der Waals surface area contributed by atoms with E-state index in [1.54, 1.807) is 66.7 Å². The van der Waals surface area contributed by atoms with Gasteiger partial charge in [0.15, 0.2) is 0 Å². The molecule has 0 aliphatic rings. The summed E-state index contributed by atoms with van der Waals surface area (Å²) in [5.74, 6) is 0.753. The van der Waals surface area contributed by atoms with Crippen molar-refractivity contribution in [3.63, 3.8) is 0 Å². The standard InChI is InChI=1S/C29H25N3O5/c1-36-26-10-6-5-9-25(26)32-29(35)21-11-15-22(16-12-21)31-27(33)19-30-28(34)20-13-17-24(18-14-20)37-23-7-3-2-4-8-23/h2-18H,19H2,1H3,(H,30,34)(H,31,33)(H,32,35). The average Bonchev–Trinajstić information content (AvgIpc) is 2.93. The first kappa shape index (κ1) is 25.0. The first-order valence-electron chi connectivity index (χ1n) is 11.5. The van der Waals surface area contributed by atoms with Crippen LogP contribution in [0.3, 0.4) is 0 Å². The van der Waals surface area contributed by atoms with Crippen LogP contribution in [0.2, 0.25) is 0 Å². The van der Waals surface area contributed by atoms with E-state index < -0.39 is 5.91 Å². The molecule has 8 heteroatoms. The summed E-state index contributed by atoms with van der Waals surface area (Å²) in [4.78, 5) is 37.2. The van der Waals surface area contributed by atoms with Crippen LogP contribution in [0.15, 0.2) is 103 Å². The maximum Gasteiger partial charge on any atom is 0.255 e. The predicted molar refractivity (Wildman–Crippen MR) is 141 cm³/mol. The number of amides is 3. The van der Waals surface area contributed by atoms with E-state index in [-0.39, 0.29) is 18.4 Å². The number of carbonyl (C=O) groups is 3. The minimum atomic E-state index is -0.399. The zero-order chi connectivity index (χ0) is 26.0. The summed E-state index contributed by atoms with van der Waals surface area (Å²) in [6, 6.07) is 29.5. The van der Waals surface area contributed by atoms with Crippen LogP contribution >= 0.6 is 0 Å². The Morgan fingerprint density at radius 3 is 1.95 bits per heavy atom. The molecule has 8 nitrogen and oxygen atoms in total. The maximum absolute atomic E-state index is 12.5. The van der Waals surface area contributed by atoms with Gasteiger partial charge in [0.25, 0.3) is 11.8 Å². The van der Waals surface area contributed by atoms with Crippen LogP contribution in [0.25, 0.3) is 0 Å². The van der Waals surface area contributed by atoms with E-state index in [1.165, 1.54) is 7.11 Å². The van der Waals surface area contributed by atoms with Gasteiger partial charge in [0.1, 0.15) is 17.2 Å². The lowest BCUT2D eigenvalue weighted by molar-refractivity contribution is -0.115. The highest BCUT2D eigenvalue weighted by Gasteiger charge is 2.11. The highest BCUT2D eigenvalue weighted by molar-refractivity contribution is 6.05. The Balaban J connectivity index is 1.25. The third-order valence-corrected chi connectivity index (χ3v) is 5.29. The number of methoxy groups -OCH3 is 1. The molecule has 0 atom stereocenters. The molecule has 0 heterocycles. The van der Waals surface area contributed by atoms with Crippen LogP contribution in [0.1, 0.15) is 20.7 Å². The molecule has 4 aromatic carbocycles. The Kier molecular flexibility index (Phi) is 8.13. The van der Waals surface area contributed by atoms with Gasteiger partial charge in [-0.25, -0.2) is 0 Å². The Morgan fingerprint density at radius 1 is 0.649 bits per heavy atom. The fraction of sp³-hybridized carbons (Fsp3) is 0.0690. The van der Waals surface area contributed by atoms with E-state index in [1.807, 2.05) is 36.4 Å². The van der Waals surface area contributed by atoms with Gasteiger partial charge >= 0.3 is 0 Å². The molecule has 0 spiro atoms. The van der Waals surface area contributed by atoms with Crippen molar-refractivity contribution in [3.05, 3.63) is 114 Å². The monoisotopic (exact) mass is 495 g/mol. The van der Waals surface area contributed by atoms with Crippen molar-refractivity contribution in [1.82, 2.24) is 5.32 Å². The molecule has 0 aromatic heterocycles. The van der Waals surface area contributed by atoms with Crippen molar-refractivity contribution < 1.29 is 23.9 Å². The summed E-state index contributed by atoms with van der Waals surface area (Å²) in [6.45, 7) is -0.211. The fourth-order valence-corrected chi connectivity index (χ4v) is 3.41. The van der Waals surface area contributed by atoms with E-state index in [4.69, 9.17) is 9.47 Å². The van der Waals surface area contributed by atoms with Crippen LogP contribution in [-0.2, 0) is 4.79 Å². The van der Waals surface area contributed by atoms with Crippen LogP contribution in [-0.4, -0.2) is 31.4 Å². The second kappa shape index (κ2) is 12.0. The van der Waals surface area contributed by atoms with Gasteiger partial charge in [-0.2, -0.15) is 0 Å². The molecule has 0 saturated carbocycles. The van der Waals surface area contributed by atoms with Crippen molar-refractivity contribution in [2.75, 3.05) is 24.3 Å².